The van der Waals surface area contributed by atoms with Gasteiger partial charge in [-0.05, 0) is 38.0 Å². The van der Waals surface area contributed by atoms with E-state index in [1.807, 2.05) is 6.92 Å². The van der Waals surface area contributed by atoms with Crippen LogP contribution >= 0.6 is 0 Å². The monoisotopic (exact) mass is 419 g/mol. The summed E-state index contributed by atoms with van der Waals surface area (Å²) in [6, 6.07) is 11.1. The number of carbonyl (C=O) groups excluding carboxylic acids is 1. The molecule has 0 bridgehead atoms. The van der Waals surface area contributed by atoms with Crippen LogP contribution in [0.15, 0.2) is 30.3 Å². The van der Waals surface area contributed by atoms with E-state index >= 15 is 0 Å². The van der Waals surface area contributed by atoms with E-state index in [1.165, 1.54) is 74.8 Å². The summed E-state index contributed by atoms with van der Waals surface area (Å²) in [7, 11) is 0. The molecule has 0 aliphatic rings. The van der Waals surface area contributed by atoms with E-state index in [-0.39, 0.29) is 5.92 Å². The van der Waals surface area contributed by atoms with Crippen LogP contribution in [0, 0.1) is 5.92 Å². The summed E-state index contributed by atoms with van der Waals surface area (Å²) in [6.07, 6.45) is 11.5. The molecule has 1 rings (SSSR count). The lowest BCUT2D eigenvalue weighted by atomic mass is 10.00. The number of nitrogens with zero attached hydrogens (tertiary/aromatic N) is 1. The van der Waals surface area contributed by atoms with Crippen LogP contribution in [-0.4, -0.2) is 30.1 Å². The molecule has 0 aliphatic carbocycles. The number of unbranched alkanes of at least 4 members (excludes halogenated alkanes) is 4. The van der Waals surface area contributed by atoms with E-state index in [0.717, 1.165) is 19.3 Å². The maximum Gasteiger partial charge on any atom is 0.104 e. The molecule has 30 heavy (non-hydrogen) atoms. The van der Waals surface area contributed by atoms with Crippen molar-refractivity contribution in [1.29, 1.82) is 0 Å². The van der Waals surface area contributed by atoms with Crippen molar-refractivity contribution in [3.8, 4) is 0 Å². The second-order valence-electron chi connectivity index (χ2n) is 8.78. The first-order chi connectivity index (χ1) is 14.5. The van der Waals surface area contributed by atoms with Crippen LogP contribution in [0.1, 0.15) is 104 Å². The topological polar surface area (TPSA) is 40.1 Å². The number of hydrogen-bond acceptors (Lipinski definition) is 2. The van der Waals surface area contributed by atoms with Gasteiger partial charge in [-0.15, -0.1) is 0 Å². The van der Waals surface area contributed by atoms with E-state index in [9.17, 15) is 9.90 Å². The van der Waals surface area contributed by atoms with Crippen molar-refractivity contribution in [2.75, 3.05) is 19.6 Å². The molecule has 0 saturated carbocycles. The lowest BCUT2D eigenvalue weighted by molar-refractivity contribution is -0.941. The summed E-state index contributed by atoms with van der Waals surface area (Å²) in [4.78, 5) is 10.3. The second-order valence-corrected chi connectivity index (χ2v) is 8.78. The Morgan fingerprint density at radius 2 is 1.27 bits per heavy atom. The Morgan fingerprint density at radius 1 is 0.800 bits per heavy atom. The highest BCUT2D eigenvalue weighted by atomic mass is 16.4. The van der Waals surface area contributed by atoms with Gasteiger partial charge in [0.25, 0.3) is 0 Å². The predicted octanol–water partition coefficient (Wildman–Crippen LogP) is 6.36. The Bertz CT molecular complexity index is 493. The molecule has 3 nitrogen and oxygen atoms in total. The van der Waals surface area contributed by atoms with Gasteiger partial charge >= 0.3 is 0 Å². The van der Waals surface area contributed by atoms with Crippen molar-refractivity contribution < 1.29 is 14.4 Å². The first-order valence-electron chi connectivity index (χ1n) is 12.6. The SMILES string of the molecule is CCCCC(CC)C(=O)[O-].CCCC[N+](CCCC)(CCCC)Cc1ccccc1. The van der Waals surface area contributed by atoms with Crippen molar-refractivity contribution in [2.45, 2.75) is 105 Å². The quantitative estimate of drug-likeness (QED) is 0.293. The van der Waals surface area contributed by atoms with Crippen molar-refractivity contribution in [1.82, 2.24) is 0 Å². The van der Waals surface area contributed by atoms with Gasteiger partial charge in [0.1, 0.15) is 6.54 Å². The molecule has 0 aromatic heterocycles. The van der Waals surface area contributed by atoms with Crippen molar-refractivity contribution in [3.05, 3.63) is 35.9 Å². The largest absolute Gasteiger partial charge is 0.550 e. The number of carboxylic acid groups (broad SMARTS) is 1. The third kappa shape index (κ3) is 13.1. The lowest BCUT2D eigenvalue weighted by Crippen LogP contribution is -2.49. The van der Waals surface area contributed by atoms with Gasteiger partial charge in [0.2, 0.25) is 0 Å². The van der Waals surface area contributed by atoms with Gasteiger partial charge in [-0.25, -0.2) is 0 Å². The molecule has 0 amide bonds. The molecule has 0 heterocycles. The zero-order valence-corrected chi connectivity index (χ0v) is 20.6. The van der Waals surface area contributed by atoms with Crippen molar-refractivity contribution in [3.63, 3.8) is 0 Å². The maximum absolute atomic E-state index is 10.3. The highest BCUT2D eigenvalue weighted by Gasteiger charge is 2.26. The molecule has 0 saturated heterocycles. The molecule has 0 aliphatic heterocycles. The Morgan fingerprint density at radius 3 is 1.63 bits per heavy atom. The van der Waals surface area contributed by atoms with E-state index in [0.29, 0.717) is 6.42 Å². The van der Waals surface area contributed by atoms with Gasteiger partial charge in [0.15, 0.2) is 0 Å². The molecule has 1 unspecified atom stereocenters. The molecule has 0 fully saturated rings. The molecule has 0 N–H and O–H groups in total. The van der Waals surface area contributed by atoms with Gasteiger partial charge in [0, 0.05) is 11.5 Å². The first kappa shape index (κ1) is 28.6. The minimum atomic E-state index is -0.893. The average Bonchev–Trinajstić information content (AvgIpc) is 2.76. The van der Waals surface area contributed by atoms with E-state index in [2.05, 4.69) is 58.0 Å². The molecule has 1 aromatic rings. The Labute approximate surface area is 187 Å². The number of rotatable bonds is 16. The summed E-state index contributed by atoms with van der Waals surface area (Å²) in [6.45, 7) is 16.2. The van der Waals surface area contributed by atoms with Crippen LogP contribution in [0.25, 0.3) is 0 Å². The molecule has 0 spiro atoms. The Hall–Kier alpha value is -1.35. The fourth-order valence-corrected chi connectivity index (χ4v) is 3.96. The van der Waals surface area contributed by atoms with E-state index < -0.39 is 5.97 Å². The van der Waals surface area contributed by atoms with Gasteiger partial charge in [-0.2, -0.15) is 0 Å². The number of hydrogen-bond donors (Lipinski definition) is 0. The summed E-state index contributed by atoms with van der Waals surface area (Å²) in [5, 5.41) is 10.3. The van der Waals surface area contributed by atoms with Gasteiger partial charge in [-0.3, -0.25) is 0 Å². The van der Waals surface area contributed by atoms with Crippen molar-refractivity contribution in [2.24, 2.45) is 5.92 Å². The zero-order chi connectivity index (χ0) is 22.7. The number of aliphatic carboxylic acids is 1. The first-order valence-corrected chi connectivity index (χ1v) is 12.6. The Kier molecular flexibility index (Phi) is 17.6. The summed E-state index contributed by atoms with van der Waals surface area (Å²) >= 11 is 0. The number of quaternary nitrogens is 1. The predicted molar refractivity (Wildman–Crippen MR) is 128 cm³/mol. The van der Waals surface area contributed by atoms with Crippen LogP contribution in [0.4, 0.5) is 0 Å². The normalized spacial score (nSPS) is 12.2. The maximum atomic E-state index is 10.3. The standard InChI is InChI=1S/C19H34N.C8H16O2/c1-4-7-15-20(16-8-5-2,17-9-6-3)18-19-13-11-10-12-14-19;1-3-5-6-7(4-2)8(9)10/h10-14H,4-9,15-18H2,1-3H3;7H,3-6H2,1-2H3,(H,9,10)/q+1;/p-1. The van der Waals surface area contributed by atoms with Gasteiger partial charge in [-0.1, -0.05) is 97.1 Å². The minimum absolute atomic E-state index is 0.222. The number of carboxylic acids is 1. The van der Waals surface area contributed by atoms with Crippen molar-refractivity contribution >= 4 is 5.97 Å². The molecular weight excluding hydrogens is 370 g/mol. The zero-order valence-electron chi connectivity index (χ0n) is 20.6. The van der Waals surface area contributed by atoms with E-state index in [4.69, 9.17) is 0 Å². The number of carbonyl (C=O) groups is 1. The summed E-state index contributed by atoms with van der Waals surface area (Å²) < 4.78 is 1.31. The smallest absolute Gasteiger partial charge is 0.104 e. The van der Waals surface area contributed by atoms with Crippen LogP contribution in [0.3, 0.4) is 0 Å². The lowest BCUT2D eigenvalue weighted by Gasteiger charge is -2.39. The highest BCUT2D eigenvalue weighted by Crippen LogP contribution is 2.20. The van der Waals surface area contributed by atoms with Crippen LogP contribution < -0.4 is 5.11 Å². The highest BCUT2D eigenvalue weighted by molar-refractivity contribution is 5.67. The third-order valence-electron chi connectivity index (χ3n) is 6.05. The van der Waals surface area contributed by atoms with Crippen LogP contribution in [-0.2, 0) is 11.3 Å². The second kappa shape index (κ2) is 18.4. The molecule has 174 valence electrons. The number of benzene rings is 1. The van der Waals surface area contributed by atoms with Crippen LogP contribution in [0.5, 0.6) is 0 Å². The molecule has 0 radical (unpaired) electrons. The fraction of sp³-hybridized carbons (Fsp3) is 0.741. The molecular formula is C27H49NO2. The molecule has 1 atom stereocenters. The minimum Gasteiger partial charge on any atom is -0.550 e. The average molecular weight is 420 g/mol. The molecule has 3 heteroatoms. The van der Waals surface area contributed by atoms with E-state index in [1.54, 1.807) is 0 Å². The summed E-state index contributed by atoms with van der Waals surface area (Å²) in [5.41, 5.74) is 1.51. The Balaban J connectivity index is 0.000000710. The van der Waals surface area contributed by atoms with Gasteiger partial charge < -0.3 is 14.4 Å². The fourth-order valence-electron chi connectivity index (χ4n) is 3.96. The van der Waals surface area contributed by atoms with Gasteiger partial charge in [0.05, 0.1) is 19.6 Å². The van der Waals surface area contributed by atoms with Crippen LogP contribution in [0.2, 0.25) is 0 Å². The molecule has 1 aromatic carbocycles. The third-order valence-corrected chi connectivity index (χ3v) is 6.05. The summed E-state index contributed by atoms with van der Waals surface area (Å²) in [5.74, 6) is -1.11.